The van der Waals surface area contributed by atoms with E-state index < -0.39 is 0 Å². The number of fused-ring (bicyclic) bond motifs is 25. The lowest BCUT2D eigenvalue weighted by molar-refractivity contribution is 0.672. The number of aromatic nitrogens is 7. The molecule has 0 aliphatic carbocycles. The maximum atomic E-state index is 6.96. The van der Waals surface area contributed by atoms with Crippen LogP contribution in [0.2, 0.25) is 0 Å². The van der Waals surface area contributed by atoms with Crippen LogP contribution in [-0.2, 0) is 0 Å². The normalized spacial score (nSPS) is 12.0. The largest absolute Gasteiger partial charge is 0.455 e. The SMILES string of the molecule is c1ccc(-c2cc(-c3ccc(-n4c5ccccc5c5c6oc7ccccc7c6c6c(c7ccccc7n6-c6ccccc6)c54)cc3)cc(-c3ccccc3)n2)cc1.c1ccc(-c2nc(-n3c4ccccc4c4c5oc6ccccc6c5c5c(c6ccccc6n5-c5ccccc5)c43)nc3ccccc23)cc1. The summed E-state index contributed by atoms with van der Waals surface area (Å²) in [6, 6.07) is 126. The molecule has 9 heteroatoms. The Morgan fingerprint density at radius 2 is 0.547 bits per heavy atom. The predicted molar refractivity (Wildman–Crippen MR) is 437 cm³/mol. The Morgan fingerprint density at radius 3 is 1.00 bits per heavy atom. The number of hydrogen-bond acceptors (Lipinski definition) is 5. The highest BCUT2D eigenvalue weighted by molar-refractivity contribution is 6.41. The topological polar surface area (TPSA) is 84.7 Å². The first kappa shape index (κ1) is 59.3. The summed E-state index contributed by atoms with van der Waals surface area (Å²) >= 11 is 0. The summed E-state index contributed by atoms with van der Waals surface area (Å²) in [6.07, 6.45) is 0. The van der Waals surface area contributed by atoms with Crippen molar-refractivity contribution in [3.05, 3.63) is 358 Å². The average molecular weight is 1350 g/mol. The van der Waals surface area contributed by atoms with Gasteiger partial charge in [0.1, 0.15) is 22.3 Å². The molecule has 0 radical (unpaired) electrons. The fourth-order valence-corrected chi connectivity index (χ4v) is 16.9. The average Bonchev–Trinajstić information content (AvgIpc) is 1.52. The molecule has 494 valence electrons. The van der Waals surface area contributed by atoms with Crippen LogP contribution in [-0.4, -0.2) is 33.2 Å². The lowest BCUT2D eigenvalue weighted by atomic mass is 9.99. The van der Waals surface area contributed by atoms with Crippen LogP contribution in [0.25, 0.3) is 210 Å². The van der Waals surface area contributed by atoms with Gasteiger partial charge in [0.15, 0.2) is 0 Å². The molecule has 0 saturated heterocycles. The third-order valence-electron chi connectivity index (χ3n) is 21.4. The molecule has 0 amide bonds. The minimum Gasteiger partial charge on any atom is -0.455 e. The smallest absolute Gasteiger partial charge is 0.235 e. The summed E-state index contributed by atoms with van der Waals surface area (Å²) in [7, 11) is 0. The van der Waals surface area contributed by atoms with Crippen LogP contribution in [0.15, 0.2) is 367 Å². The number of furan rings is 2. The number of hydrogen-bond donors (Lipinski definition) is 0. The van der Waals surface area contributed by atoms with Gasteiger partial charge in [0.2, 0.25) is 5.95 Å². The number of pyridine rings is 1. The number of nitrogens with zero attached hydrogens (tertiary/aromatic N) is 7. The quantitative estimate of drug-likeness (QED) is 0.151. The van der Waals surface area contributed by atoms with Crippen LogP contribution in [0.5, 0.6) is 0 Å². The summed E-state index contributed by atoms with van der Waals surface area (Å²) in [5.41, 5.74) is 24.8. The molecular formula is C97H59N7O2. The molecule has 8 heterocycles. The molecule has 8 aromatic heterocycles. The van der Waals surface area contributed by atoms with E-state index in [0.717, 1.165) is 193 Å². The number of rotatable bonds is 8. The monoisotopic (exact) mass is 1350 g/mol. The second-order valence-corrected chi connectivity index (χ2v) is 27.2. The first-order chi connectivity index (χ1) is 52.6. The Morgan fingerprint density at radius 1 is 0.217 bits per heavy atom. The third-order valence-corrected chi connectivity index (χ3v) is 21.4. The number of benzene rings is 15. The molecular weight excluding hydrogens is 1300 g/mol. The molecule has 0 unspecified atom stereocenters. The highest BCUT2D eigenvalue weighted by Gasteiger charge is 2.31. The van der Waals surface area contributed by atoms with E-state index in [0.29, 0.717) is 5.95 Å². The molecule has 0 bridgehead atoms. The van der Waals surface area contributed by atoms with Crippen molar-refractivity contribution in [2.45, 2.75) is 0 Å². The Labute approximate surface area is 606 Å². The van der Waals surface area contributed by atoms with Gasteiger partial charge < -0.3 is 22.5 Å². The zero-order chi connectivity index (χ0) is 69.5. The van der Waals surface area contributed by atoms with Gasteiger partial charge in [0, 0.05) is 82.2 Å². The minimum atomic E-state index is 0.622. The first-order valence-electron chi connectivity index (χ1n) is 35.9. The van der Waals surface area contributed by atoms with Crippen molar-refractivity contribution in [1.82, 2.24) is 33.2 Å². The molecule has 23 aromatic rings. The van der Waals surface area contributed by atoms with Crippen LogP contribution in [0, 0.1) is 0 Å². The van der Waals surface area contributed by atoms with E-state index in [1.165, 1.54) is 10.8 Å². The fraction of sp³-hybridized carbons (Fsp3) is 0. The highest BCUT2D eigenvalue weighted by atomic mass is 16.3. The van der Waals surface area contributed by atoms with E-state index in [9.17, 15) is 0 Å². The zero-order valence-corrected chi connectivity index (χ0v) is 57.0. The van der Waals surface area contributed by atoms with E-state index in [4.69, 9.17) is 23.8 Å². The highest BCUT2D eigenvalue weighted by Crippen LogP contribution is 2.52. The Bertz CT molecular complexity index is 7420. The van der Waals surface area contributed by atoms with Crippen molar-refractivity contribution in [3.63, 3.8) is 0 Å². The maximum Gasteiger partial charge on any atom is 0.235 e. The lowest BCUT2D eigenvalue weighted by Crippen LogP contribution is -2.03. The maximum absolute atomic E-state index is 6.96. The Hall–Kier alpha value is -14.4. The molecule has 0 aliphatic heterocycles. The van der Waals surface area contributed by atoms with Gasteiger partial charge in [-0.3, -0.25) is 4.57 Å². The first-order valence-corrected chi connectivity index (χ1v) is 35.9. The standard InChI is InChI=1S/C53H33N3O.C44H26N4O/c1-4-16-35(17-5-1)43-32-37(33-44(54-43)36-18-6-2-7-19-36)34-28-30-39(31-29-34)56-46-26-14-11-23-41(46)49-51(56)48-40-22-10-13-25-45(40)55(38-20-8-3-9-21-38)52(48)50-42-24-12-15-27-47(42)57-53(49)50;1-3-15-27(16-4-1)40-29-19-7-11-23-33(29)45-44(46-40)48-35-25-13-9-21-31(35)38-42(48)37-30-20-8-12-24-34(30)47(28-17-5-2-6-18-28)41(37)39-32-22-10-14-26-36(32)49-43(38)39/h1-33H;1-26H. The van der Waals surface area contributed by atoms with E-state index in [1.54, 1.807) is 0 Å². The van der Waals surface area contributed by atoms with Crippen molar-refractivity contribution >= 4 is 142 Å². The van der Waals surface area contributed by atoms with Crippen molar-refractivity contribution in [1.29, 1.82) is 0 Å². The second kappa shape index (κ2) is 23.6. The van der Waals surface area contributed by atoms with Crippen molar-refractivity contribution < 1.29 is 8.83 Å². The summed E-state index contributed by atoms with van der Waals surface area (Å²) in [6.45, 7) is 0. The third kappa shape index (κ3) is 8.93. The van der Waals surface area contributed by atoms with Gasteiger partial charge in [-0.15, -0.1) is 0 Å². The van der Waals surface area contributed by atoms with Gasteiger partial charge in [-0.25, -0.2) is 15.0 Å². The molecule has 0 aliphatic rings. The van der Waals surface area contributed by atoms with E-state index in [1.807, 2.05) is 30.3 Å². The summed E-state index contributed by atoms with van der Waals surface area (Å²) in [4.78, 5) is 15.8. The van der Waals surface area contributed by atoms with Gasteiger partial charge in [0.25, 0.3) is 0 Å². The molecule has 23 rings (SSSR count). The molecule has 15 aromatic carbocycles. The van der Waals surface area contributed by atoms with E-state index >= 15 is 0 Å². The van der Waals surface area contributed by atoms with E-state index in [-0.39, 0.29) is 0 Å². The molecule has 9 nitrogen and oxygen atoms in total. The summed E-state index contributed by atoms with van der Waals surface area (Å²) in [5, 5.41) is 14.6. The molecule has 0 saturated carbocycles. The zero-order valence-electron chi connectivity index (χ0n) is 57.0. The van der Waals surface area contributed by atoms with Crippen molar-refractivity contribution in [2.75, 3.05) is 0 Å². The predicted octanol–water partition coefficient (Wildman–Crippen LogP) is 25.6. The van der Waals surface area contributed by atoms with Gasteiger partial charge >= 0.3 is 0 Å². The van der Waals surface area contributed by atoms with Crippen molar-refractivity contribution in [3.8, 4) is 67.9 Å². The van der Waals surface area contributed by atoms with Crippen LogP contribution >= 0.6 is 0 Å². The van der Waals surface area contributed by atoms with Crippen LogP contribution in [0.1, 0.15) is 0 Å². The van der Waals surface area contributed by atoms with Gasteiger partial charge in [0.05, 0.1) is 88.3 Å². The minimum absolute atomic E-state index is 0.622. The summed E-state index contributed by atoms with van der Waals surface area (Å²) in [5.74, 6) is 0.622. The Balaban J connectivity index is 0.000000134. The van der Waals surface area contributed by atoms with Crippen LogP contribution < -0.4 is 0 Å². The van der Waals surface area contributed by atoms with Crippen LogP contribution in [0.3, 0.4) is 0 Å². The van der Waals surface area contributed by atoms with Gasteiger partial charge in [-0.2, -0.15) is 0 Å². The lowest BCUT2D eigenvalue weighted by Gasteiger charge is -2.13. The second-order valence-electron chi connectivity index (χ2n) is 27.2. The number of para-hydroxylation sites is 9. The summed E-state index contributed by atoms with van der Waals surface area (Å²) < 4.78 is 23.4. The molecule has 0 spiro atoms. The fourth-order valence-electron chi connectivity index (χ4n) is 16.9. The van der Waals surface area contributed by atoms with E-state index in [2.05, 4.69) is 346 Å². The molecule has 0 fully saturated rings. The van der Waals surface area contributed by atoms with Gasteiger partial charge in [-0.1, -0.05) is 267 Å². The van der Waals surface area contributed by atoms with Crippen molar-refractivity contribution in [2.24, 2.45) is 0 Å². The molecule has 106 heavy (non-hydrogen) atoms. The molecule has 0 N–H and O–H groups in total. The molecule has 0 atom stereocenters. The van der Waals surface area contributed by atoms with Crippen LogP contribution in [0.4, 0.5) is 0 Å². The Kier molecular flexibility index (Phi) is 13.2. The van der Waals surface area contributed by atoms with Gasteiger partial charge in [-0.05, 0) is 102 Å².